The molecule has 0 aliphatic carbocycles. The lowest BCUT2D eigenvalue weighted by molar-refractivity contribution is -0.116. The van der Waals surface area contributed by atoms with Gasteiger partial charge in [0.25, 0.3) is 0 Å². The maximum absolute atomic E-state index is 11.9. The van der Waals surface area contributed by atoms with E-state index in [0.29, 0.717) is 19.6 Å². The molecule has 1 amide bonds. The highest BCUT2D eigenvalue weighted by atomic mass is 127. The van der Waals surface area contributed by atoms with Gasteiger partial charge >= 0.3 is 0 Å². The molecule has 0 atom stereocenters. The molecule has 7 nitrogen and oxygen atoms in total. The summed E-state index contributed by atoms with van der Waals surface area (Å²) in [6.07, 6.45) is 0. The number of aryl methyl sites for hydroxylation is 1. The van der Waals surface area contributed by atoms with Crippen LogP contribution >= 0.6 is 35.3 Å². The van der Waals surface area contributed by atoms with E-state index in [2.05, 4.69) is 32.8 Å². The van der Waals surface area contributed by atoms with Gasteiger partial charge in [-0.15, -0.1) is 35.3 Å². The average molecular weight is 530 g/mol. The fourth-order valence-corrected chi connectivity index (χ4v) is 3.27. The predicted octanol–water partition coefficient (Wildman–Crippen LogP) is 3.17. The second kappa shape index (κ2) is 12.8. The number of aliphatic imine (C=N–C) groups is 1. The number of anilines is 1. The molecular weight excluding hydrogens is 499 g/mol. The number of benzene rings is 1. The van der Waals surface area contributed by atoms with Crippen molar-refractivity contribution >= 4 is 52.9 Å². The molecule has 1 aromatic heterocycles. The van der Waals surface area contributed by atoms with Crippen molar-refractivity contribution in [1.29, 1.82) is 0 Å². The Kier molecular flexibility index (Phi) is 11.1. The van der Waals surface area contributed by atoms with Crippen LogP contribution in [0.15, 0.2) is 34.6 Å². The molecule has 29 heavy (non-hydrogen) atoms. The largest absolute Gasteiger partial charge is 0.357 e. The van der Waals surface area contributed by atoms with Crippen LogP contribution in [0.25, 0.3) is 0 Å². The number of nitrogens with one attached hydrogen (secondary N) is 2. The fraction of sp³-hybridized carbons (Fsp3) is 0.450. The molecule has 160 valence electrons. The Morgan fingerprint density at radius 3 is 2.66 bits per heavy atom. The molecule has 0 bridgehead atoms. The third-order valence-corrected chi connectivity index (χ3v) is 4.67. The summed E-state index contributed by atoms with van der Waals surface area (Å²) in [6.45, 7) is 6.44. The third-order valence-electron chi connectivity index (χ3n) is 3.84. The summed E-state index contributed by atoms with van der Waals surface area (Å²) in [7, 11) is 5.75. The second-order valence-electron chi connectivity index (χ2n) is 6.87. The van der Waals surface area contributed by atoms with Crippen molar-refractivity contribution < 1.29 is 4.79 Å². The molecule has 0 spiro atoms. The predicted molar refractivity (Wildman–Crippen MR) is 132 cm³/mol. The van der Waals surface area contributed by atoms with Gasteiger partial charge in [-0.3, -0.25) is 4.79 Å². The summed E-state index contributed by atoms with van der Waals surface area (Å²) in [4.78, 5) is 25.1. The van der Waals surface area contributed by atoms with Crippen molar-refractivity contribution in [2.45, 2.75) is 26.9 Å². The van der Waals surface area contributed by atoms with Crippen molar-refractivity contribution in [1.82, 2.24) is 20.1 Å². The number of carbonyl (C=O) groups is 1. The molecule has 2 rings (SSSR count). The van der Waals surface area contributed by atoms with Crippen LogP contribution in [-0.4, -0.2) is 60.9 Å². The van der Waals surface area contributed by atoms with Gasteiger partial charge in [-0.1, -0.05) is 12.1 Å². The minimum atomic E-state index is -0.0303. The summed E-state index contributed by atoms with van der Waals surface area (Å²) < 4.78 is 0. The van der Waals surface area contributed by atoms with Gasteiger partial charge in [-0.2, -0.15) is 0 Å². The van der Waals surface area contributed by atoms with Crippen molar-refractivity contribution in [2.24, 2.45) is 4.99 Å². The summed E-state index contributed by atoms with van der Waals surface area (Å²) in [6, 6.07) is 7.80. The van der Waals surface area contributed by atoms with E-state index in [4.69, 9.17) is 4.99 Å². The van der Waals surface area contributed by atoms with Crippen LogP contribution in [0.5, 0.6) is 0 Å². The van der Waals surface area contributed by atoms with Gasteiger partial charge in [0.1, 0.15) is 0 Å². The molecule has 0 aliphatic heterocycles. The summed E-state index contributed by atoms with van der Waals surface area (Å²) in [5.74, 6) is 0.799. The molecule has 0 radical (unpaired) electrons. The summed E-state index contributed by atoms with van der Waals surface area (Å²) >= 11 is 1.66. The van der Waals surface area contributed by atoms with Crippen LogP contribution in [-0.2, 0) is 17.9 Å². The first-order valence-corrected chi connectivity index (χ1v) is 10.2. The lowest BCUT2D eigenvalue weighted by atomic mass is 10.2. The number of guanidine groups is 1. The zero-order valence-electron chi connectivity index (χ0n) is 17.7. The third kappa shape index (κ3) is 9.09. The first-order chi connectivity index (χ1) is 13.4. The SMILES string of the molecule is CCNC(=NCc1cccc(NC(=O)CN(C)C)c1)N(C)Cc1csc(C)n1.I. The summed E-state index contributed by atoms with van der Waals surface area (Å²) in [5.41, 5.74) is 2.87. The molecule has 0 saturated carbocycles. The van der Waals surface area contributed by atoms with E-state index in [0.717, 1.165) is 34.5 Å². The van der Waals surface area contributed by atoms with Gasteiger partial charge in [-0.25, -0.2) is 9.98 Å². The Morgan fingerprint density at radius 1 is 1.28 bits per heavy atom. The zero-order valence-corrected chi connectivity index (χ0v) is 20.9. The van der Waals surface area contributed by atoms with Crippen molar-refractivity contribution in [3.05, 3.63) is 45.9 Å². The van der Waals surface area contributed by atoms with Crippen molar-refractivity contribution in [3.63, 3.8) is 0 Å². The smallest absolute Gasteiger partial charge is 0.238 e. The van der Waals surface area contributed by atoms with E-state index in [1.807, 2.05) is 57.2 Å². The molecule has 2 N–H and O–H groups in total. The zero-order chi connectivity index (χ0) is 20.5. The second-order valence-corrected chi connectivity index (χ2v) is 7.93. The number of carbonyl (C=O) groups excluding carboxylic acids is 1. The normalized spacial score (nSPS) is 11.2. The maximum Gasteiger partial charge on any atom is 0.238 e. The Balaban J connectivity index is 0.00000420. The quantitative estimate of drug-likeness (QED) is 0.312. The van der Waals surface area contributed by atoms with Crippen LogP contribution in [0.2, 0.25) is 0 Å². The van der Waals surface area contributed by atoms with E-state index in [1.54, 1.807) is 11.3 Å². The highest BCUT2D eigenvalue weighted by Gasteiger charge is 2.09. The van der Waals surface area contributed by atoms with E-state index in [1.165, 1.54) is 0 Å². The molecule has 0 saturated heterocycles. The van der Waals surface area contributed by atoms with Crippen LogP contribution < -0.4 is 10.6 Å². The molecule has 0 fully saturated rings. The van der Waals surface area contributed by atoms with Crippen LogP contribution in [0.4, 0.5) is 5.69 Å². The van der Waals surface area contributed by atoms with E-state index in [-0.39, 0.29) is 29.9 Å². The number of hydrogen-bond acceptors (Lipinski definition) is 5. The highest BCUT2D eigenvalue weighted by molar-refractivity contribution is 14.0. The van der Waals surface area contributed by atoms with E-state index in [9.17, 15) is 4.79 Å². The van der Waals surface area contributed by atoms with Crippen LogP contribution in [0.1, 0.15) is 23.2 Å². The molecule has 9 heteroatoms. The lowest BCUT2D eigenvalue weighted by Gasteiger charge is -2.21. The first-order valence-electron chi connectivity index (χ1n) is 9.31. The molecule has 1 aromatic carbocycles. The maximum atomic E-state index is 11.9. The Morgan fingerprint density at radius 2 is 2.03 bits per heavy atom. The highest BCUT2D eigenvalue weighted by Crippen LogP contribution is 2.13. The number of rotatable bonds is 8. The van der Waals surface area contributed by atoms with Crippen LogP contribution in [0, 0.1) is 6.92 Å². The number of likely N-dealkylation sites (N-methyl/N-ethyl adjacent to an activating group) is 1. The lowest BCUT2D eigenvalue weighted by Crippen LogP contribution is -2.38. The van der Waals surface area contributed by atoms with Gasteiger partial charge in [0.15, 0.2) is 5.96 Å². The van der Waals surface area contributed by atoms with E-state index >= 15 is 0 Å². The average Bonchev–Trinajstić information content (AvgIpc) is 3.02. The standard InChI is InChI=1S/C20H30N6OS.HI/c1-6-21-20(26(5)12-18-14-28-15(2)23-18)22-11-16-8-7-9-17(10-16)24-19(27)13-25(3)4;/h7-10,14H,6,11-13H2,1-5H3,(H,21,22)(H,24,27);1H. The van der Waals surface area contributed by atoms with Gasteiger partial charge in [0.2, 0.25) is 5.91 Å². The Hall–Kier alpha value is -1.72. The topological polar surface area (TPSA) is 72.9 Å². The van der Waals surface area contributed by atoms with Gasteiger partial charge < -0.3 is 20.4 Å². The van der Waals surface area contributed by atoms with Crippen molar-refractivity contribution in [2.75, 3.05) is 39.5 Å². The molecular formula is C20H31IN6OS. The summed E-state index contributed by atoms with van der Waals surface area (Å²) in [5, 5.41) is 9.39. The Labute approximate surface area is 194 Å². The molecule has 2 aromatic rings. The van der Waals surface area contributed by atoms with Gasteiger partial charge in [0.05, 0.1) is 30.3 Å². The van der Waals surface area contributed by atoms with Gasteiger partial charge in [-0.05, 0) is 45.6 Å². The number of nitrogens with zero attached hydrogens (tertiary/aromatic N) is 4. The number of amides is 1. The molecule has 0 unspecified atom stereocenters. The Bertz CT molecular complexity index is 808. The molecule has 0 aliphatic rings. The monoisotopic (exact) mass is 530 g/mol. The molecule has 1 heterocycles. The first kappa shape index (κ1) is 25.3. The number of aromatic nitrogens is 1. The van der Waals surface area contributed by atoms with Gasteiger partial charge in [0, 0.05) is 24.7 Å². The number of thiazole rings is 1. The fourth-order valence-electron chi connectivity index (χ4n) is 2.67. The van der Waals surface area contributed by atoms with E-state index < -0.39 is 0 Å². The minimum Gasteiger partial charge on any atom is -0.357 e. The number of halogens is 1. The number of hydrogen-bond donors (Lipinski definition) is 2. The van der Waals surface area contributed by atoms with Crippen molar-refractivity contribution in [3.8, 4) is 0 Å². The minimum absolute atomic E-state index is 0. The van der Waals surface area contributed by atoms with Crippen LogP contribution in [0.3, 0.4) is 0 Å².